The van der Waals surface area contributed by atoms with Crippen LogP contribution in [0, 0.1) is 0 Å². The summed E-state index contributed by atoms with van der Waals surface area (Å²) in [6.45, 7) is 4.02. The predicted octanol–water partition coefficient (Wildman–Crippen LogP) is 12.4. The van der Waals surface area contributed by atoms with Crippen molar-refractivity contribution in [2.75, 3.05) is 47.5 Å². The molecule has 0 aromatic heterocycles. The summed E-state index contributed by atoms with van der Waals surface area (Å²) in [6, 6.07) is 0. The second-order valence-electron chi connectivity index (χ2n) is 16.0. The van der Waals surface area contributed by atoms with Crippen LogP contribution >= 0.6 is 7.82 Å². The SMILES string of the molecule is CC/C=C/C/C=C/C/C=C/C/C=C/C/C=C/C/C=C/CCC(=O)OCC(COP(=O)([O-])OCC[N+](C)(C)C)OC(=O)CCCCCCCCCCCCCCCCC. The van der Waals surface area contributed by atoms with Gasteiger partial charge < -0.3 is 27.9 Å². The molecule has 10 heteroatoms. The summed E-state index contributed by atoms with van der Waals surface area (Å²) in [7, 11) is 1.12. The zero-order valence-corrected chi connectivity index (χ0v) is 38.4. The van der Waals surface area contributed by atoms with E-state index in [1.165, 1.54) is 70.6 Å². The van der Waals surface area contributed by atoms with E-state index >= 15 is 0 Å². The van der Waals surface area contributed by atoms with Crippen molar-refractivity contribution >= 4 is 19.8 Å². The molecule has 0 aromatic rings. The van der Waals surface area contributed by atoms with Gasteiger partial charge in [-0.25, -0.2) is 0 Å². The molecular weight excluding hydrogens is 750 g/mol. The average molecular weight is 834 g/mol. The molecule has 0 N–H and O–H groups in total. The number of carbonyl (C=O) groups excluding carboxylic acids is 2. The molecule has 0 spiro atoms. The van der Waals surface area contributed by atoms with Gasteiger partial charge in [-0.1, -0.05) is 177 Å². The molecule has 58 heavy (non-hydrogen) atoms. The standard InChI is InChI=1S/C48H84NO8P/c1-6-8-10-12-14-16-18-20-22-23-24-25-27-28-30-32-34-36-38-40-47(50)54-44-46(45-56-58(52,53)55-43-42-49(3,4)5)57-48(51)41-39-37-35-33-31-29-26-21-19-17-15-13-11-9-7-2/h8,10,14,16,20,22,24-25,28,30,34,36,46H,6-7,9,11-13,15,17-19,21,23,26-27,29,31-33,35,37-45H2,1-5H3/b10-8+,16-14+,22-20+,25-24+,30-28+,36-34+. The minimum absolute atomic E-state index is 0.0441. The van der Waals surface area contributed by atoms with Crippen LogP contribution in [0.1, 0.15) is 168 Å². The smallest absolute Gasteiger partial charge is 0.306 e. The van der Waals surface area contributed by atoms with Crippen LogP contribution in [0.5, 0.6) is 0 Å². The number of likely N-dealkylation sites (N-methyl/N-ethyl adjacent to an activating group) is 1. The van der Waals surface area contributed by atoms with Gasteiger partial charge in [0.15, 0.2) is 6.10 Å². The average Bonchev–Trinajstić information content (AvgIpc) is 3.17. The summed E-state index contributed by atoms with van der Waals surface area (Å²) < 4.78 is 33.8. The Bertz CT molecular complexity index is 1220. The molecule has 0 aliphatic rings. The fourth-order valence-corrected chi connectivity index (χ4v) is 6.47. The van der Waals surface area contributed by atoms with E-state index in [0.29, 0.717) is 23.9 Å². The Balaban J connectivity index is 4.46. The minimum Gasteiger partial charge on any atom is -0.756 e. The molecule has 0 aromatic carbocycles. The Morgan fingerprint density at radius 1 is 0.552 bits per heavy atom. The molecule has 0 amide bonds. The lowest BCUT2D eigenvalue weighted by Gasteiger charge is -2.28. The number of ether oxygens (including phenoxy) is 2. The van der Waals surface area contributed by atoms with E-state index in [-0.39, 0.29) is 26.1 Å². The van der Waals surface area contributed by atoms with E-state index in [0.717, 1.165) is 57.8 Å². The third-order valence-corrected chi connectivity index (χ3v) is 10.2. The van der Waals surface area contributed by atoms with Crippen molar-refractivity contribution in [3.8, 4) is 0 Å². The van der Waals surface area contributed by atoms with Crippen LogP contribution in [0.15, 0.2) is 72.9 Å². The lowest BCUT2D eigenvalue weighted by atomic mass is 10.0. The number of nitrogens with zero attached hydrogens (tertiary/aromatic N) is 1. The number of esters is 2. The van der Waals surface area contributed by atoms with E-state index in [9.17, 15) is 19.0 Å². The zero-order valence-electron chi connectivity index (χ0n) is 37.5. The lowest BCUT2D eigenvalue weighted by molar-refractivity contribution is -0.870. The molecule has 0 saturated carbocycles. The Hall–Kier alpha value is -2.55. The van der Waals surface area contributed by atoms with Crippen molar-refractivity contribution in [2.45, 2.75) is 174 Å². The Labute approximate surface area is 355 Å². The molecule has 0 aliphatic carbocycles. The number of quaternary nitrogens is 1. The number of hydrogen-bond acceptors (Lipinski definition) is 8. The molecule has 0 aliphatic heterocycles. The Morgan fingerprint density at radius 2 is 0.983 bits per heavy atom. The number of carbonyl (C=O) groups is 2. The first-order valence-corrected chi connectivity index (χ1v) is 24.1. The molecule has 334 valence electrons. The molecule has 0 fully saturated rings. The van der Waals surface area contributed by atoms with Crippen LogP contribution in [0.3, 0.4) is 0 Å². The molecule has 0 radical (unpaired) electrons. The van der Waals surface area contributed by atoms with Gasteiger partial charge >= 0.3 is 11.9 Å². The highest BCUT2D eigenvalue weighted by Gasteiger charge is 2.21. The summed E-state index contributed by atoms with van der Waals surface area (Å²) in [5.41, 5.74) is 0. The van der Waals surface area contributed by atoms with Crippen molar-refractivity contribution in [3.05, 3.63) is 72.9 Å². The second-order valence-corrected chi connectivity index (χ2v) is 17.4. The number of unbranched alkanes of at least 4 members (excludes halogenated alkanes) is 14. The van der Waals surface area contributed by atoms with E-state index < -0.39 is 32.5 Å². The number of allylic oxidation sites excluding steroid dienone is 12. The summed E-state index contributed by atoms with van der Waals surface area (Å²) in [5, 5.41) is 0. The molecule has 2 unspecified atom stereocenters. The summed E-state index contributed by atoms with van der Waals surface area (Å²) in [4.78, 5) is 37.5. The number of rotatable bonds is 40. The minimum atomic E-state index is -4.64. The predicted molar refractivity (Wildman–Crippen MR) is 240 cm³/mol. The van der Waals surface area contributed by atoms with Gasteiger partial charge in [-0.2, -0.15) is 0 Å². The van der Waals surface area contributed by atoms with Gasteiger partial charge in [0.05, 0.1) is 27.7 Å². The molecule has 0 saturated heterocycles. The first-order chi connectivity index (χ1) is 28.0. The largest absolute Gasteiger partial charge is 0.756 e. The highest BCUT2D eigenvalue weighted by atomic mass is 31.2. The molecule has 9 nitrogen and oxygen atoms in total. The summed E-state index contributed by atoms with van der Waals surface area (Å²) >= 11 is 0. The van der Waals surface area contributed by atoms with E-state index in [1.54, 1.807) is 0 Å². The van der Waals surface area contributed by atoms with Crippen LogP contribution < -0.4 is 4.89 Å². The maximum atomic E-state index is 12.7. The third kappa shape index (κ3) is 43.0. The van der Waals surface area contributed by atoms with Crippen LogP contribution in [0.2, 0.25) is 0 Å². The first kappa shape index (κ1) is 55.5. The van der Waals surface area contributed by atoms with Gasteiger partial charge in [0.2, 0.25) is 0 Å². The molecule has 0 bridgehead atoms. The van der Waals surface area contributed by atoms with E-state index in [2.05, 4.69) is 74.6 Å². The van der Waals surface area contributed by atoms with Crippen molar-refractivity contribution < 1.29 is 42.1 Å². The van der Waals surface area contributed by atoms with Crippen LogP contribution in [-0.2, 0) is 32.7 Å². The van der Waals surface area contributed by atoms with Crippen molar-refractivity contribution in [3.63, 3.8) is 0 Å². The molecular formula is C48H84NO8P. The highest BCUT2D eigenvalue weighted by molar-refractivity contribution is 7.45. The maximum absolute atomic E-state index is 12.7. The van der Waals surface area contributed by atoms with Crippen molar-refractivity contribution in [2.24, 2.45) is 0 Å². The van der Waals surface area contributed by atoms with Gasteiger partial charge in [-0.05, 0) is 51.4 Å². The monoisotopic (exact) mass is 834 g/mol. The third-order valence-electron chi connectivity index (χ3n) is 9.25. The van der Waals surface area contributed by atoms with Gasteiger partial charge in [0.1, 0.15) is 19.8 Å². The Kier molecular flexibility index (Phi) is 38.1. The van der Waals surface area contributed by atoms with Crippen LogP contribution in [-0.4, -0.2) is 70.0 Å². The summed E-state index contributed by atoms with van der Waals surface area (Å²) in [6.07, 6.45) is 49.4. The van der Waals surface area contributed by atoms with Gasteiger partial charge in [-0.3, -0.25) is 14.2 Å². The van der Waals surface area contributed by atoms with E-state index in [1.807, 2.05) is 33.3 Å². The van der Waals surface area contributed by atoms with Gasteiger partial charge in [0, 0.05) is 12.8 Å². The summed E-state index contributed by atoms with van der Waals surface area (Å²) in [5.74, 6) is -0.934. The lowest BCUT2D eigenvalue weighted by Crippen LogP contribution is -2.37. The molecule has 2 atom stereocenters. The second kappa shape index (κ2) is 39.9. The fraction of sp³-hybridized carbons (Fsp3) is 0.708. The van der Waals surface area contributed by atoms with Crippen LogP contribution in [0.25, 0.3) is 0 Å². The van der Waals surface area contributed by atoms with Crippen molar-refractivity contribution in [1.82, 2.24) is 0 Å². The van der Waals surface area contributed by atoms with E-state index in [4.69, 9.17) is 18.5 Å². The van der Waals surface area contributed by atoms with Gasteiger partial charge in [0.25, 0.3) is 7.82 Å². The topological polar surface area (TPSA) is 111 Å². The first-order valence-electron chi connectivity index (χ1n) is 22.6. The zero-order chi connectivity index (χ0) is 42.8. The van der Waals surface area contributed by atoms with Crippen molar-refractivity contribution in [1.29, 1.82) is 0 Å². The maximum Gasteiger partial charge on any atom is 0.306 e. The number of phosphoric acid groups is 1. The fourth-order valence-electron chi connectivity index (χ4n) is 5.74. The highest BCUT2D eigenvalue weighted by Crippen LogP contribution is 2.38. The number of phosphoric ester groups is 1. The van der Waals surface area contributed by atoms with Crippen LogP contribution in [0.4, 0.5) is 0 Å². The number of hydrogen-bond donors (Lipinski definition) is 0. The normalized spacial score (nSPS) is 14.2. The van der Waals surface area contributed by atoms with Gasteiger partial charge in [-0.15, -0.1) is 0 Å². The molecule has 0 rings (SSSR count). The Morgan fingerprint density at radius 3 is 1.43 bits per heavy atom. The molecule has 0 heterocycles. The quantitative estimate of drug-likeness (QED) is 0.0197.